The number of hydrogen-bond acceptors (Lipinski definition) is 5. The summed E-state index contributed by atoms with van der Waals surface area (Å²) in [4.78, 5) is 27.9. The molecular weight excluding hydrogens is 313 g/mol. The van der Waals surface area contributed by atoms with E-state index in [1.165, 1.54) is 37.6 Å². The summed E-state index contributed by atoms with van der Waals surface area (Å²) in [5.41, 5.74) is 0.0421. The second-order valence-corrected chi connectivity index (χ2v) is 6.11. The van der Waals surface area contributed by atoms with Crippen LogP contribution in [-0.2, 0) is 9.47 Å². The van der Waals surface area contributed by atoms with Gasteiger partial charge in [0.25, 0.3) is 0 Å². The van der Waals surface area contributed by atoms with E-state index in [2.05, 4.69) is 9.72 Å². The molecule has 0 amide bonds. The van der Waals surface area contributed by atoms with E-state index in [-0.39, 0.29) is 16.7 Å². The van der Waals surface area contributed by atoms with Crippen LogP contribution in [0.15, 0.2) is 36.7 Å². The standard InChI is InChI=1S/C18H18FNO4/c1-18(2,3)24-17(22)14-9-11(16(21)23-4)5-6-12(14)13-7-8-20-10-15(13)19/h5-10H,1-4H3. The van der Waals surface area contributed by atoms with E-state index in [1.54, 1.807) is 20.8 Å². The SMILES string of the molecule is COC(=O)c1ccc(-c2ccncc2F)c(C(=O)OC(C)(C)C)c1. The van der Waals surface area contributed by atoms with Crippen LogP contribution in [0.25, 0.3) is 11.1 Å². The summed E-state index contributed by atoms with van der Waals surface area (Å²) in [6.07, 6.45) is 2.48. The zero-order valence-corrected chi connectivity index (χ0v) is 13.9. The van der Waals surface area contributed by atoms with Gasteiger partial charge in [-0.25, -0.2) is 14.0 Å². The molecule has 0 aliphatic rings. The first kappa shape index (κ1) is 17.6. The third-order valence-corrected chi connectivity index (χ3v) is 3.12. The van der Waals surface area contributed by atoms with Gasteiger partial charge in [0.1, 0.15) is 11.4 Å². The van der Waals surface area contributed by atoms with Crippen molar-refractivity contribution < 1.29 is 23.5 Å². The molecule has 0 atom stereocenters. The maximum atomic E-state index is 14.1. The van der Waals surface area contributed by atoms with Crippen LogP contribution >= 0.6 is 0 Å². The van der Waals surface area contributed by atoms with Crippen molar-refractivity contribution in [1.29, 1.82) is 0 Å². The molecule has 0 unspecified atom stereocenters. The predicted octanol–water partition coefficient (Wildman–Crippen LogP) is 3.63. The highest BCUT2D eigenvalue weighted by molar-refractivity contribution is 6.01. The van der Waals surface area contributed by atoms with Crippen molar-refractivity contribution in [2.24, 2.45) is 0 Å². The second kappa shape index (κ2) is 6.78. The largest absolute Gasteiger partial charge is 0.465 e. The van der Waals surface area contributed by atoms with Crippen LogP contribution in [0.5, 0.6) is 0 Å². The number of aromatic nitrogens is 1. The quantitative estimate of drug-likeness (QED) is 0.804. The van der Waals surface area contributed by atoms with Crippen LogP contribution < -0.4 is 0 Å². The topological polar surface area (TPSA) is 65.5 Å². The first-order chi connectivity index (χ1) is 11.2. The number of ether oxygens (including phenoxy) is 2. The summed E-state index contributed by atoms with van der Waals surface area (Å²) in [6.45, 7) is 5.17. The fraction of sp³-hybridized carbons (Fsp3) is 0.278. The minimum Gasteiger partial charge on any atom is -0.465 e. The molecule has 2 aromatic rings. The monoisotopic (exact) mass is 331 g/mol. The Kier molecular flexibility index (Phi) is 4.97. The van der Waals surface area contributed by atoms with E-state index in [0.29, 0.717) is 5.56 Å². The maximum absolute atomic E-state index is 14.1. The van der Waals surface area contributed by atoms with E-state index in [4.69, 9.17) is 4.74 Å². The predicted molar refractivity (Wildman–Crippen MR) is 86.1 cm³/mol. The van der Waals surface area contributed by atoms with Gasteiger partial charge < -0.3 is 9.47 Å². The first-order valence-electron chi connectivity index (χ1n) is 7.28. The van der Waals surface area contributed by atoms with Crippen LogP contribution in [0.4, 0.5) is 4.39 Å². The van der Waals surface area contributed by atoms with Crippen LogP contribution in [0.2, 0.25) is 0 Å². The Bertz CT molecular complexity index is 781. The first-order valence-corrected chi connectivity index (χ1v) is 7.28. The van der Waals surface area contributed by atoms with Gasteiger partial charge >= 0.3 is 11.9 Å². The van der Waals surface area contributed by atoms with E-state index in [0.717, 1.165) is 6.20 Å². The fourth-order valence-corrected chi connectivity index (χ4v) is 2.12. The molecule has 1 heterocycles. The Labute approximate surface area is 139 Å². The molecule has 0 spiro atoms. The number of benzene rings is 1. The second-order valence-electron chi connectivity index (χ2n) is 6.11. The zero-order chi connectivity index (χ0) is 17.9. The molecule has 0 N–H and O–H groups in total. The molecule has 2 rings (SSSR count). The van der Waals surface area contributed by atoms with E-state index < -0.39 is 23.4 Å². The molecule has 0 aliphatic carbocycles. The smallest absolute Gasteiger partial charge is 0.339 e. The molecule has 0 fully saturated rings. The molecule has 6 heteroatoms. The molecule has 126 valence electrons. The Morgan fingerprint density at radius 2 is 1.79 bits per heavy atom. The zero-order valence-electron chi connectivity index (χ0n) is 13.9. The molecule has 0 bridgehead atoms. The molecule has 24 heavy (non-hydrogen) atoms. The molecule has 0 saturated carbocycles. The van der Waals surface area contributed by atoms with Gasteiger partial charge in [-0.2, -0.15) is 0 Å². The van der Waals surface area contributed by atoms with Crippen LogP contribution in [0.3, 0.4) is 0 Å². The number of carbonyl (C=O) groups excluding carboxylic acids is 2. The number of nitrogens with zero attached hydrogens (tertiary/aromatic N) is 1. The third kappa shape index (κ3) is 3.95. The normalized spacial score (nSPS) is 11.0. The van der Waals surface area contributed by atoms with Crippen molar-refractivity contribution in [1.82, 2.24) is 4.98 Å². The Balaban J connectivity index is 2.60. The average Bonchev–Trinajstić information content (AvgIpc) is 2.52. The van der Waals surface area contributed by atoms with Gasteiger partial charge in [-0.15, -0.1) is 0 Å². The van der Waals surface area contributed by atoms with Gasteiger partial charge in [0.15, 0.2) is 0 Å². The Morgan fingerprint density at radius 3 is 2.38 bits per heavy atom. The fourth-order valence-electron chi connectivity index (χ4n) is 2.12. The van der Waals surface area contributed by atoms with Gasteiger partial charge in [-0.05, 0) is 44.5 Å². The van der Waals surface area contributed by atoms with E-state index in [1.807, 2.05) is 0 Å². The van der Waals surface area contributed by atoms with Crippen molar-refractivity contribution in [3.8, 4) is 11.1 Å². The average molecular weight is 331 g/mol. The molecule has 0 saturated heterocycles. The summed E-state index contributed by atoms with van der Waals surface area (Å²) in [5, 5.41) is 0. The van der Waals surface area contributed by atoms with Gasteiger partial charge in [0.2, 0.25) is 0 Å². The number of esters is 2. The van der Waals surface area contributed by atoms with Crippen molar-refractivity contribution in [3.05, 3.63) is 53.6 Å². The number of halogens is 1. The molecule has 0 radical (unpaired) electrons. The van der Waals surface area contributed by atoms with E-state index in [9.17, 15) is 14.0 Å². The summed E-state index contributed by atoms with van der Waals surface area (Å²) >= 11 is 0. The Morgan fingerprint density at radius 1 is 1.08 bits per heavy atom. The third-order valence-electron chi connectivity index (χ3n) is 3.12. The highest BCUT2D eigenvalue weighted by atomic mass is 19.1. The van der Waals surface area contributed by atoms with Crippen LogP contribution in [0, 0.1) is 5.82 Å². The molecule has 0 aliphatic heterocycles. The lowest BCUT2D eigenvalue weighted by molar-refractivity contribution is 0.00704. The number of carbonyl (C=O) groups is 2. The highest BCUT2D eigenvalue weighted by Gasteiger charge is 2.23. The Hall–Kier alpha value is -2.76. The molecule has 1 aromatic carbocycles. The number of methoxy groups -OCH3 is 1. The van der Waals surface area contributed by atoms with Gasteiger partial charge in [0.05, 0.1) is 24.4 Å². The number of rotatable bonds is 3. The summed E-state index contributed by atoms with van der Waals surface area (Å²) in [5.74, 6) is -1.82. The summed E-state index contributed by atoms with van der Waals surface area (Å²) in [6, 6.07) is 5.75. The molecule has 5 nitrogen and oxygen atoms in total. The van der Waals surface area contributed by atoms with Gasteiger partial charge in [-0.3, -0.25) is 4.98 Å². The number of hydrogen-bond donors (Lipinski definition) is 0. The van der Waals surface area contributed by atoms with Crippen LogP contribution in [-0.4, -0.2) is 29.6 Å². The number of pyridine rings is 1. The van der Waals surface area contributed by atoms with Crippen molar-refractivity contribution in [3.63, 3.8) is 0 Å². The summed E-state index contributed by atoms with van der Waals surface area (Å²) < 4.78 is 24.1. The van der Waals surface area contributed by atoms with Crippen molar-refractivity contribution in [2.45, 2.75) is 26.4 Å². The lowest BCUT2D eigenvalue weighted by Gasteiger charge is -2.21. The molecule has 1 aromatic heterocycles. The van der Waals surface area contributed by atoms with Gasteiger partial charge in [0, 0.05) is 11.8 Å². The summed E-state index contributed by atoms with van der Waals surface area (Å²) in [7, 11) is 1.24. The molecular formula is C18H18FNO4. The lowest BCUT2D eigenvalue weighted by Crippen LogP contribution is -2.24. The minimum atomic E-state index is -0.730. The highest BCUT2D eigenvalue weighted by Crippen LogP contribution is 2.28. The lowest BCUT2D eigenvalue weighted by atomic mass is 9.97. The van der Waals surface area contributed by atoms with E-state index >= 15 is 0 Å². The van der Waals surface area contributed by atoms with Crippen molar-refractivity contribution in [2.75, 3.05) is 7.11 Å². The minimum absolute atomic E-state index is 0.0814. The van der Waals surface area contributed by atoms with Crippen LogP contribution in [0.1, 0.15) is 41.5 Å². The van der Waals surface area contributed by atoms with Crippen molar-refractivity contribution >= 4 is 11.9 Å². The van der Waals surface area contributed by atoms with Gasteiger partial charge in [-0.1, -0.05) is 6.07 Å². The maximum Gasteiger partial charge on any atom is 0.339 e.